The molecular weight excluding hydrogens is 326 g/mol. The average molecular weight is 343 g/mol. The molecule has 2 amide bonds. The molecule has 0 fully saturated rings. The number of benzene rings is 3. The molecule has 0 aliphatic carbocycles. The van der Waals surface area contributed by atoms with Crippen LogP contribution in [0.1, 0.15) is 26.3 Å². The first-order valence-corrected chi connectivity index (χ1v) is 8.07. The zero-order valence-electron chi connectivity index (χ0n) is 13.9. The van der Waals surface area contributed by atoms with E-state index in [0.717, 1.165) is 5.56 Å². The highest BCUT2D eigenvalue weighted by Crippen LogP contribution is 2.11. The lowest BCUT2D eigenvalue weighted by Crippen LogP contribution is -2.17. The SMILES string of the molecule is O=C(N/N=C/c1ccccc1)c1ccc(NC(=O)c2ccccc2)cc1. The normalized spacial score (nSPS) is 10.5. The van der Waals surface area contributed by atoms with Gasteiger partial charge in [-0.3, -0.25) is 9.59 Å². The fourth-order valence-electron chi connectivity index (χ4n) is 2.27. The van der Waals surface area contributed by atoms with Crippen molar-refractivity contribution in [2.24, 2.45) is 5.10 Å². The predicted octanol–water partition coefficient (Wildman–Crippen LogP) is 3.70. The van der Waals surface area contributed by atoms with Crippen molar-refractivity contribution in [2.75, 3.05) is 5.32 Å². The molecule has 128 valence electrons. The summed E-state index contributed by atoms with van der Waals surface area (Å²) in [5.41, 5.74) is 5.01. The largest absolute Gasteiger partial charge is 0.322 e. The van der Waals surface area contributed by atoms with Gasteiger partial charge in [0.05, 0.1) is 6.21 Å². The average Bonchev–Trinajstić information content (AvgIpc) is 2.70. The van der Waals surface area contributed by atoms with Gasteiger partial charge >= 0.3 is 0 Å². The van der Waals surface area contributed by atoms with Crippen molar-refractivity contribution in [2.45, 2.75) is 0 Å². The van der Waals surface area contributed by atoms with Crippen molar-refractivity contribution in [3.63, 3.8) is 0 Å². The Bertz CT molecular complexity index is 905. The van der Waals surface area contributed by atoms with Crippen LogP contribution >= 0.6 is 0 Å². The van der Waals surface area contributed by atoms with Gasteiger partial charge in [-0.15, -0.1) is 0 Å². The summed E-state index contributed by atoms with van der Waals surface area (Å²) < 4.78 is 0. The highest BCUT2D eigenvalue weighted by atomic mass is 16.2. The van der Waals surface area contributed by atoms with Crippen molar-refractivity contribution >= 4 is 23.7 Å². The first kappa shape index (κ1) is 17.1. The van der Waals surface area contributed by atoms with Crippen molar-refractivity contribution < 1.29 is 9.59 Å². The number of nitrogens with zero attached hydrogens (tertiary/aromatic N) is 1. The predicted molar refractivity (Wildman–Crippen MR) is 102 cm³/mol. The second-order valence-electron chi connectivity index (χ2n) is 5.51. The zero-order valence-corrected chi connectivity index (χ0v) is 13.9. The Morgan fingerprint density at radius 3 is 1.92 bits per heavy atom. The van der Waals surface area contributed by atoms with Crippen LogP contribution in [0.25, 0.3) is 0 Å². The maximum absolute atomic E-state index is 12.1. The molecule has 3 aromatic carbocycles. The summed E-state index contributed by atoms with van der Waals surface area (Å²) in [5, 5.41) is 6.72. The molecule has 0 bridgehead atoms. The molecular formula is C21H17N3O2. The molecule has 0 aliphatic heterocycles. The molecule has 0 saturated heterocycles. The Morgan fingerprint density at radius 2 is 1.27 bits per heavy atom. The molecule has 26 heavy (non-hydrogen) atoms. The van der Waals surface area contributed by atoms with Crippen LogP contribution in [0.5, 0.6) is 0 Å². The minimum absolute atomic E-state index is 0.199. The standard InChI is InChI=1S/C21H17N3O2/c25-20(17-9-5-2-6-10-17)23-19-13-11-18(12-14-19)21(26)24-22-15-16-7-3-1-4-8-16/h1-15H,(H,23,25)(H,24,26)/b22-15+. The summed E-state index contributed by atoms with van der Waals surface area (Å²) in [6.45, 7) is 0. The van der Waals surface area contributed by atoms with Gasteiger partial charge in [0.15, 0.2) is 0 Å². The molecule has 0 aromatic heterocycles. The van der Waals surface area contributed by atoms with Gasteiger partial charge in [-0.1, -0.05) is 48.5 Å². The smallest absolute Gasteiger partial charge is 0.271 e. The van der Waals surface area contributed by atoms with Crippen LogP contribution in [0.2, 0.25) is 0 Å². The van der Waals surface area contributed by atoms with Gasteiger partial charge in [-0.2, -0.15) is 5.10 Å². The second kappa shape index (κ2) is 8.39. The molecule has 0 spiro atoms. The molecule has 0 heterocycles. The Morgan fingerprint density at radius 1 is 0.692 bits per heavy atom. The Balaban J connectivity index is 1.57. The molecule has 0 saturated carbocycles. The molecule has 5 nitrogen and oxygen atoms in total. The number of amides is 2. The summed E-state index contributed by atoms with van der Waals surface area (Å²) in [5.74, 6) is -0.520. The van der Waals surface area contributed by atoms with E-state index in [2.05, 4.69) is 15.8 Å². The van der Waals surface area contributed by atoms with E-state index in [4.69, 9.17) is 0 Å². The summed E-state index contributed by atoms with van der Waals surface area (Å²) in [6, 6.07) is 25.0. The Kier molecular flexibility index (Phi) is 5.52. The van der Waals surface area contributed by atoms with E-state index in [1.807, 2.05) is 36.4 Å². The van der Waals surface area contributed by atoms with Gasteiger partial charge in [0, 0.05) is 16.8 Å². The summed E-state index contributed by atoms with van der Waals surface area (Å²) >= 11 is 0. The third kappa shape index (κ3) is 4.64. The number of anilines is 1. The van der Waals surface area contributed by atoms with E-state index in [1.165, 1.54) is 0 Å². The number of carbonyl (C=O) groups is 2. The number of rotatable bonds is 5. The molecule has 2 N–H and O–H groups in total. The lowest BCUT2D eigenvalue weighted by atomic mass is 10.1. The fourth-order valence-corrected chi connectivity index (χ4v) is 2.27. The molecule has 0 atom stereocenters. The van der Waals surface area contributed by atoms with Crippen molar-refractivity contribution in [3.8, 4) is 0 Å². The van der Waals surface area contributed by atoms with Crippen LogP contribution < -0.4 is 10.7 Å². The van der Waals surface area contributed by atoms with Gasteiger partial charge in [0.1, 0.15) is 0 Å². The Labute approximate surface area is 151 Å². The van der Waals surface area contributed by atoms with E-state index >= 15 is 0 Å². The van der Waals surface area contributed by atoms with Crippen LogP contribution in [0.15, 0.2) is 90.0 Å². The first-order valence-electron chi connectivity index (χ1n) is 8.07. The highest BCUT2D eigenvalue weighted by molar-refractivity contribution is 6.04. The van der Waals surface area contributed by atoms with Crippen molar-refractivity contribution in [1.29, 1.82) is 0 Å². The van der Waals surface area contributed by atoms with E-state index in [0.29, 0.717) is 16.8 Å². The van der Waals surface area contributed by atoms with Gasteiger partial charge in [-0.25, -0.2) is 5.43 Å². The van der Waals surface area contributed by atoms with E-state index in [9.17, 15) is 9.59 Å². The number of hydrogen-bond acceptors (Lipinski definition) is 3. The first-order chi connectivity index (χ1) is 12.7. The molecule has 3 rings (SSSR count). The van der Waals surface area contributed by atoms with Crippen LogP contribution in [0, 0.1) is 0 Å². The molecule has 0 radical (unpaired) electrons. The molecule has 0 unspecified atom stereocenters. The summed E-state index contributed by atoms with van der Waals surface area (Å²) in [7, 11) is 0. The number of carbonyl (C=O) groups excluding carboxylic acids is 2. The molecule has 3 aromatic rings. The monoisotopic (exact) mass is 343 g/mol. The van der Waals surface area contributed by atoms with Crippen molar-refractivity contribution in [1.82, 2.24) is 5.43 Å². The zero-order chi connectivity index (χ0) is 18.2. The number of hydrogen-bond donors (Lipinski definition) is 2. The Hall–Kier alpha value is -3.73. The summed E-state index contributed by atoms with van der Waals surface area (Å²) in [4.78, 5) is 24.2. The quantitative estimate of drug-likeness (QED) is 0.548. The fraction of sp³-hybridized carbons (Fsp3) is 0. The second-order valence-corrected chi connectivity index (χ2v) is 5.51. The maximum Gasteiger partial charge on any atom is 0.271 e. The minimum atomic E-state index is -0.321. The van der Waals surface area contributed by atoms with E-state index in [1.54, 1.807) is 54.7 Å². The third-order valence-corrected chi connectivity index (χ3v) is 3.62. The van der Waals surface area contributed by atoms with Gasteiger partial charge in [0.2, 0.25) is 0 Å². The van der Waals surface area contributed by atoms with Crippen LogP contribution in [0.4, 0.5) is 5.69 Å². The van der Waals surface area contributed by atoms with Gasteiger partial charge in [-0.05, 0) is 42.0 Å². The number of nitrogens with one attached hydrogen (secondary N) is 2. The molecule has 5 heteroatoms. The number of hydrazone groups is 1. The van der Waals surface area contributed by atoms with Crippen LogP contribution in [-0.4, -0.2) is 18.0 Å². The highest BCUT2D eigenvalue weighted by Gasteiger charge is 2.07. The minimum Gasteiger partial charge on any atom is -0.322 e. The van der Waals surface area contributed by atoms with Gasteiger partial charge in [0.25, 0.3) is 11.8 Å². The van der Waals surface area contributed by atoms with Crippen LogP contribution in [-0.2, 0) is 0 Å². The third-order valence-electron chi connectivity index (χ3n) is 3.62. The summed E-state index contributed by atoms with van der Waals surface area (Å²) in [6.07, 6.45) is 1.58. The maximum atomic E-state index is 12.1. The van der Waals surface area contributed by atoms with E-state index < -0.39 is 0 Å². The lowest BCUT2D eigenvalue weighted by molar-refractivity contribution is 0.0954. The topological polar surface area (TPSA) is 70.6 Å². The lowest BCUT2D eigenvalue weighted by Gasteiger charge is -2.06. The van der Waals surface area contributed by atoms with Gasteiger partial charge < -0.3 is 5.32 Å². The molecule has 0 aliphatic rings. The van der Waals surface area contributed by atoms with Crippen LogP contribution in [0.3, 0.4) is 0 Å². The van der Waals surface area contributed by atoms with Crippen molar-refractivity contribution in [3.05, 3.63) is 102 Å². The van der Waals surface area contributed by atoms with E-state index in [-0.39, 0.29) is 11.8 Å².